The first-order valence-electron chi connectivity index (χ1n) is 7.68. The highest BCUT2D eigenvalue weighted by Crippen LogP contribution is 2.24. The highest BCUT2D eigenvalue weighted by molar-refractivity contribution is 6.05. The third-order valence-corrected chi connectivity index (χ3v) is 3.99. The van der Waals surface area contributed by atoms with Gasteiger partial charge in [-0.15, -0.1) is 0 Å². The van der Waals surface area contributed by atoms with Gasteiger partial charge in [0.15, 0.2) is 0 Å². The number of nitrogens with zero attached hydrogens (tertiary/aromatic N) is 1. The van der Waals surface area contributed by atoms with E-state index in [2.05, 4.69) is 10.3 Å². The summed E-state index contributed by atoms with van der Waals surface area (Å²) in [5.74, 6) is -2.09. The number of pyridine rings is 1. The summed E-state index contributed by atoms with van der Waals surface area (Å²) >= 11 is 0. The van der Waals surface area contributed by atoms with Crippen LogP contribution in [0.25, 0.3) is 10.8 Å². The van der Waals surface area contributed by atoms with Crippen molar-refractivity contribution in [3.05, 3.63) is 77.6 Å². The average molecular weight is 342 g/mol. The number of carbonyl (C=O) groups excluding carboxylic acids is 1. The highest BCUT2D eigenvalue weighted by atomic mass is 19.1. The van der Waals surface area contributed by atoms with Gasteiger partial charge in [0.2, 0.25) is 0 Å². The van der Waals surface area contributed by atoms with Crippen LogP contribution >= 0.6 is 0 Å². The summed E-state index contributed by atoms with van der Waals surface area (Å²) in [6.45, 7) is 1.10. The fraction of sp³-hybridized carbons (Fsp3) is 0.158. The zero-order valence-corrected chi connectivity index (χ0v) is 13.5. The predicted molar refractivity (Wildman–Crippen MR) is 90.0 cm³/mol. The number of hydrogen-bond donors (Lipinski definition) is 2. The van der Waals surface area contributed by atoms with Gasteiger partial charge in [-0.2, -0.15) is 0 Å². The van der Waals surface area contributed by atoms with Gasteiger partial charge < -0.3 is 10.4 Å². The van der Waals surface area contributed by atoms with Crippen molar-refractivity contribution in [3.8, 4) is 0 Å². The molecule has 3 aromatic rings. The van der Waals surface area contributed by atoms with Crippen LogP contribution in [0, 0.1) is 11.6 Å². The molecule has 1 atom stereocenters. The van der Waals surface area contributed by atoms with E-state index in [9.17, 15) is 18.7 Å². The Morgan fingerprint density at radius 3 is 2.72 bits per heavy atom. The van der Waals surface area contributed by atoms with Crippen LogP contribution in [0.4, 0.5) is 8.78 Å². The number of hydrogen-bond acceptors (Lipinski definition) is 3. The van der Waals surface area contributed by atoms with Gasteiger partial charge in [0.05, 0.1) is 6.54 Å². The molecule has 0 fully saturated rings. The molecule has 0 aliphatic heterocycles. The fourth-order valence-electron chi connectivity index (χ4n) is 2.66. The van der Waals surface area contributed by atoms with Crippen molar-refractivity contribution in [3.63, 3.8) is 0 Å². The average Bonchev–Trinajstić information content (AvgIpc) is 2.59. The van der Waals surface area contributed by atoms with Crippen LogP contribution in [-0.4, -0.2) is 22.5 Å². The Balaban J connectivity index is 1.81. The fourth-order valence-corrected chi connectivity index (χ4v) is 2.66. The molecule has 128 valence electrons. The number of rotatable bonds is 4. The molecule has 3 rings (SSSR count). The van der Waals surface area contributed by atoms with Gasteiger partial charge in [-0.25, -0.2) is 8.78 Å². The minimum Gasteiger partial charge on any atom is -0.383 e. The lowest BCUT2D eigenvalue weighted by Gasteiger charge is -2.24. The first-order valence-corrected chi connectivity index (χ1v) is 7.68. The lowest BCUT2D eigenvalue weighted by molar-refractivity contribution is 0.0493. The van der Waals surface area contributed by atoms with Gasteiger partial charge in [0.25, 0.3) is 5.91 Å². The Hall–Kier alpha value is -2.86. The van der Waals surface area contributed by atoms with Gasteiger partial charge >= 0.3 is 0 Å². The van der Waals surface area contributed by atoms with E-state index in [4.69, 9.17) is 0 Å². The van der Waals surface area contributed by atoms with Crippen LogP contribution in [0.1, 0.15) is 23.0 Å². The van der Waals surface area contributed by atoms with Crippen LogP contribution in [-0.2, 0) is 5.60 Å². The molecule has 0 spiro atoms. The number of nitrogens with one attached hydrogen (secondary N) is 1. The molecule has 0 aliphatic rings. The Morgan fingerprint density at radius 1 is 1.20 bits per heavy atom. The van der Waals surface area contributed by atoms with Gasteiger partial charge in [0, 0.05) is 23.2 Å². The van der Waals surface area contributed by atoms with Crippen LogP contribution in [0.5, 0.6) is 0 Å². The molecule has 0 bridgehead atoms. The normalized spacial score (nSPS) is 13.4. The maximum Gasteiger partial charge on any atom is 0.270 e. The third kappa shape index (κ3) is 3.49. The van der Waals surface area contributed by atoms with Crippen molar-refractivity contribution in [1.82, 2.24) is 10.3 Å². The Bertz CT molecular complexity index is 936. The van der Waals surface area contributed by atoms with Crippen molar-refractivity contribution < 1.29 is 18.7 Å². The first kappa shape index (κ1) is 17.0. The van der Waals surface area contributed by atoms with Crippen molar-refractivity contribution >= 4 is 16.7 Å². The molecular formula is C19H16F2N2O2. The lowest BCUT2D eigenvalue weighted by atomic mass is 9.95. The number of amides is 1. The second-order valence-corrected chi connectivity index (χ2v) is 5.96. The van der Waals surface area contributed by atoms with E-state index in [-0.39, 0.29) is 17.8 Å². The molecular weight excluding hydrogens is 326 g/mol. The summed E-state index contributed by atoms with van der Waals surface area (Å²) in [4.78, 5) is 16.5. The quantitative estimate of drug-likeness (QED) is 0.766. The van der Waals surface area contributed by atoms with E-state index < -0.39 is 23.1 Å². The first-order chi connectivity index (χ1) is 11.9. The molecule has 0 radical (unpaired) electrons. The van der Waals surface area contributed by atoms with Crippen LogP contribution < -0.4 is 5.32 Å². The predicted octanol–water partition coefficient (Wildman–Crippen LogP) is 3.15. The zero-order valence-electron chi connectivity index (χ0n) is 13.5. The molecule has 2 aromatic carbocycles. The summed E-state index contributed by atoms with van der Waals surface area (Å²) < 4.78 is 26.9. The lowest BCUT2D eigenvalue weighted by Crippen LogP contribution is -2.39. The van der Waals surface area contributed by atoms with Gasteiger partial charge in [-0.3, -0.25) is 9.78 Å². The minimum atomic E-state index is -1.70. The number of aliphatic hydroxyl groups is 1. The summed E-state index contributed by atoms with van der Waals surface area (Å²) in [6.07, 6.45) is 1.52. The van der Waals surface area contributed by atoms with Crippen LogP contribution in [0.2, 0.25) is 0 Å². The van der Waals surface area contributed by atoms with Crippen molar-refractivity contribution in [2.24, 2.45) is 0 Å². The van der Waals surface area contributed by atoms with E-state index in [1.54, 1.807) is 18.2 Å². The molecule has 4 nitrogen and oxygen atoms in total. The number of fused-ring (bicyclic) bond motifs is 1. The molecule has 6 heteroatoms. The number of halogens is 2. The molecule has 25 heavy (non-hydrogen) atoms. The van der Waals surface area contributed by atoms with Crippen molar-refractivity contribution in [2.75, 3.05) is 6.54 Å². The molecule has 0 aliphatic carbocycles. The molecule has 1 aromatic heterocycles. The SMILES string of the molecule is CC(O)(CNC(=O)c1nccc2ccccc12)c1ccc(F)cc1F. The Kier molecular flexibility index (Phi) is 4.46. The van der Waals surface area contributed by atoms with Crippen molar-refractivity contribution in [1.29, 1.82) is 0 Å². The van der Waals surface area contributed by atoms with Gasteiger partial charge in [-0.05, 0) is 24.4 Å². The van der Waals surface area contributed by atoms with E-state index in [0.717, 1.165) is 17.5 Å². The van der Waals surface area contributed by atoms with E-state index in [1.807, 2.05) is 12.1 Å². The molecule has 0 saturated carbocycles. The second-order valence-electron chi connectivity index (χ2n) is 5.96. The highest BCUT2D eigenvalue weighted by Gasteiger charge is 2.28. The number of benzene rings is 2. The van der Waals surface area contributed by atoms with E-state index >= 15 is 0 Å². The van der Waals surface area contributed by atoms with Crippen molar-refractivity contribution in [2.45, 2.75) is 12.5 Å². The maximum absolute atomic E-state index is 13.9. The summed E-state index contributed by atoms with van der Waals surface area (Å²) in [5, 5.41) is 14.6. The molecule has 1 heterocycles. The largest absolute Gasteiger partial charge is 0.383 e. The minimum absolute atomic E-state index is 0.0971. The summed E-state index contributed by atoms with van der Waals surface area (Å²) in [5.41, 5.74) is -1.58. The topological polar surface area (TPSA) is 62.2 Å². The summed E-state index contributed by atoms with van der Waals surface area (Å²) in [6, 6.07) is 12.0. The Labute approximate surface area is 143 Å². The number of aromatic nitrogens is 1. The van der Waals surface area contributed by atoms with E-state index in [1.165, 1.54) is 13.1 Å². The second kappa shape index (κ2) is 6.57. The standard InChI is InChI=1S/C19H16F2N2O2/c1-19(25,15-7-6-13(20)10-16(15)21)11-23-18(24)17-14-5-3-2-4-12(14)8-9-22-17/h2-10,25H,11H2,1H3,(H,23,24). The number of carbonyl (C=O) groups is 1. The van der Waals surface area contributed by atoms with Gasteiger partial charge in [0.1, 0.15) is 22.9 Å². The molecule has 2 N–H and O–H groups in total. The molecule has 1 amide bonds. The maximum atomic E-state index is 13.9. The third-order valence-electron chi connectivity index (χ3n) is 3.99. The van der Waals surface area contributed by atoms with E-state index in [0.29, 0.717) is 11.5 Å². The van der Waals surface area contributed by atoms with Crippen LogP contribution in [0.3, 0.4) is 0 Å². The molecule has 1 unspecified atom stereocenters. The summed E-state index contributed by atoms with van der Waals surface area (Å²) in [7, 11) is 0. The zero-order chi connectivity index (χ0) is 18.0. The molecule has 0 saturated heterocycles. The van der Waals surface area contributed by atoms with Crippen LogP contribution in [0.15, 0.2) is 54.7 Å². The van der Waals surface area contributed by atoms with Gasteiger partial charge in [-0.1, -0.05) is 30.3 Å². The monoisotopic (exact) mass is 342 g/mol. The smallest absolute Gasteiger partial charge is 0.270 e. The Morgan fingerprint density at radius 2 is 1.96 bits per heavy atom.